The fraction of sp³-hybridized carbons (Fsp3) is 0.524. The van der Waals surface area contributed by atoms with Crippen LogP contribution in [0.2, 0.25) is 0 Å². The van der Waals surface area contributed by atoms with Crippen LogP contribution >= 0.6 is 0 Å². The molecule has 0 radical (unpaired) electrons. The van der Waals surface area contributed by atoms with Gasteiger partial charge in [0.2, 0.25) is 0 Å². The highest BCUT2D eigenvalue weighted by Gasteiger charge is 2.21. The van der Waals surface area contributed by atoms with E-state index in [0.717, 1.165) is 12.0 Å². The van der Waals surface area contributed by atoms with Crippen molar-refractivity contribution in [2.45, 2.75) is 51.6 Å². The Kier molecular flexibility index (Phi) is 7.54. The molecule has 1 aliphatic rings. The first-order valence-electron chi connectivity index (χ1n) is 9.39. The third kappa shape index (κ3) is 5.40. The summed E-state index contributed by atoms with van der Waals surface area (Å²) < 4.78 is 10.5. The molecule has 1 amide bonds. The molecule has 3 atom stereocenters. The predicted octanol–water partition coefficient (Wildman–Crippen LogP) is 3.46. The van der Waals surface area contributed by atoms with Gasteiger partial charge in [-0.1, -0.05) is 25.8 Å². The SMILES string of the molecule is COc1ccc(C(C)NC(=O)/C(C#N)=C\NC2CCCCC2C)cc1OC. The summed E-state index contributed by atoms with van der Waals surface area (Å²) in [6, 6.07) is 7.52. The van der Waals surface area contributed by atoms with Gasteiger partial charge in [-0.3, -0.25) is 4.79 Å². The summed E-state index contributed by atoms with van der Waals surface area (Å²) in [6.07, 6.45) is 6.23. The fourth-order valence-corrected chi connectivity index (χ4v) is 3.38. The van der Waals surface area contributed by atoms with Gasteiger partial charge in [-0.2, -0.15) is 5.26 Å². The third-order valence-electron chi connectivity index (χ3n) is 5.17. The maximum Gasteiger partial charge on any atom is 0.263 e. The van der Waals surface area contributed by atoms with Crippen molar-refractivity contribution in [3.63, 3.8) is 0 Å². The van der Waals surface area contributed by atoms with Gasteiger partial charge in [0.25, 0.3) is 5.91 Å². The Balaban J connectivity index is 2.03. The van der Waals surface area contributed by atoms with Gasteiger partial charge in [-0.25, -0.2) is 0 Å². The van der Waals surface area contributed by atoms with Crippen molar-refractivity contribution in [3.05, 3.63) is 35.5 Å². The van der Waals surface area contributed by atoms with Gasteiger partial charge in [0.05, 0.1) is 20.3 Å². The van der Waals surface area contributed by atoms with E-state index in [4.69, 9.17) is 9.47 Å². The zero-order valence-corrected chi connectivity index (χ0v) is 16.5. The first-order chi connectivity index (χ1) is 13.0. The van der Waals surface area contributed by atoms with Crippen LogP contribution in [0.4, 0.5) is 0 Å². The van der Waals surface area contributed by atoms with E-state index in [1.807, 2.05) is 25.1 Å². The Bertz CT molecular complexity index is 724. The Morgan fingerprint density at radius 1 is 1.26 bits per heavy atom. The molecule has 146 valence electrons. The van der Waals surface area contributed by atoms with Crippen molar-refractivity contribution in [2.24, 2.45) is 5.92 Å². The molecule has 1 aromatic rings. The minimum atomic E-state index is -0.393. The van der Waals surface area contributed by atoms with Crippen LogP contribution in [-0.4, -0.2) is 26.2 Å². The standard InChI is InChI=1S/C21H29N3O3/c1-14-7-5-6-8-18(14)23-13-17(12-22)21(25)24-15(2)16-9-10-19(26-3)20(11-16)27-4/h9-11,13-15,18,23H,5-8H2,1-4H3,(H,24,25)/b17-13-. The maximum atomic E-state index is 12.5. The van der Waals surface area contributed by atoms with E-state index in [9.17, 15) is 10.1 Å². The molecule has 0 bridgehead atoms. The van der Waals surface area contributed by atoms with Gasteiger partial charge < -0.3 is 20.1 Å². The Morgan fingerprint density at radius 2 is 1.96 bits per heavy atom. The van der Waals surface area contributed by atoms with Gasteiger partial charge in [0, 0.05) is 12.2 Å². The molecule has 6 nitrogen and oxygen atoms in total. The number of nitriles is 1. The van der Waals surface area contributed by atoms with Crippen molar-refractivity contribution in [1.29, 1.82) is 5.26 Å². The highest BCUT2D eigenvalue weighted by molar-refractivity contribution is 5.97. The van der Waals surface area contributed by atoms with Crippen molar-refractivity contribution in [2.75, 3.05) is 14.2 Å². The highest BCUT2D eigenvalue weighted by atomic mass is 16.5. The van der Waals surface area contributed by atoms with E-state index >= 15 is 0 Å². The molecule has 2 N–H and O–H groups in total. The summed E-state index contributed by atoms with van der Waals surface area (Å²) in [4.78, 5) is 12.5. The number of hydrogen-bond donors (Lipinski definition) is 2. The van der Waals surface area contributed by atoms with Crippen molar-refractivity contribution < 1.29 is 14.3 Å². The number of hydrogen-bond acceptors (Lipinski definition) is 5. The number of amides is 1. The lowest BCUT2D eigenvalue weighted by molar-refractivity contribution is -0.117. The molecule has 0 aliphatic heterocycles. The molecule has 3 unspecified atom stereocenters. The van der Waals surface area contributed by atoms with E-state index < -0.39 is 5.91 Å². The number of methoxy groups -OCH3 is 2. The number of carbonyl (C=O) groups excluding carboxylic acids is 1. The van der Waals surface area contributed by atoms with Crippen LogP contribution in [0.5, 0.6) is 11.5 Å². The van der Waals surface area contributed by atoms with Crippen LogP contribution in [-0.2, 0) is 4.79 Å². The number of benzene rings is 1. The first kappa shape index (κ1) is 20.6. The number of nitrogens with one attached hydrogen (secondary N) is 2. The zero-order chi connectivity index (χ0) is 19.8. The van der Waals surface area contributed by atoms with Gasteiger partial charge >= 0.3 is 0 Å². The summed E-state index contributed by atoms with van der Waals surface area (Å²) in [5, 5.41) is 15.5. The van der Waals surface area contributed by atoms with Crippen LogP contribution in [0.15, 0.2) is 30.0 Å². The van der Waals surface area contributed by atoms with E-state index in [0.29, 0.717) is 23.5 Å². The van der Waals surface area contributed by atoms with Crippen LogP contribution < -0.4 is 20.1 Å². The van der Waals surface area contributed by atoms with E-state index in [1.165, 1.54) is 19.3 Å². The second kappa shape index (κ2) is 9.86. The molecule has 2 rings (SSSR count). The summed E-state index contributed by atoms with van der Waals surface area (Å²) in [6.45, 7) is 4.07. The minimum Gasteiger partial charge on any atom is -0.493 e. The third-order valence-corrected chi connectivity index (χ3v) is 5.17. The molecule has 1 saturated carbocycles. The highest BCUT2D eigenvalue weighted by Crippen LogP contribution is 2.30. The monoisotopic (exact) mass is 371 g/mol. The van der Waals surface area contributed by atoms with Gasteiger partial charge in [0.1, 0.15) is 11.6 Å². The second-order valence-electron chi connectivity index (χ2n) is 7.01. The molecule has 1 aliphatic carbocycles. The number of nitrogens with zero attached hydrogens (tertiary/aromatic N) is 1. The van der Waals surface area contributed by atoms with Gasteiger partial charge in [0.15, 0.2) is 11.5 Å². The number of rotatable bonds is 7. The molecule has 0 spiro atoms. The normalized spacial score (nSPS) is 20.9. The molecule has 6 heteroatoms. The summed E-state index contributed by atoms with van der Waals surface area (Å²) in [5.41, 5.74) is 0.951. The zero-order valence-electron chi connectivity index (χ0n) is 16.5. The van der Waals surface area contributed by atoms with Crippen molar-refractivity contribution in [1.82, 2.24) is 10.6 Å². The first-order valence-corrected chi connectivity index (χ1v) is 9.39. The molecule has 0 heterocycles. The van der Waals surface area contributed by atoms with Gasteiger partial charge in [-0.05, 0) is 43.4 Å². The average Bonchev–Trinajstić information content (AvgIpc) is 2.69. The predicted molar refractivity (Wildman–Crippen MR) is 104 cm³/mol. The maximum absolute atomic E-state index is 12.5. The number of ether oxygens (including phenoxy) is 2. The van der Waals surface area contributed by atoms with Crippen molar-refractivity contribution >= 4 is 5.91 Å². The minimum absolute atomic E-state index is 0.0834. The second-order valence-corrected chi connectivity index (χ2v) is 7.01. The van der Waals surface area contributed by atoms with Crippen LogP contribution in [0.25, 0.3) is 0 Å². The van der Waals surface area contributed by atoms with Gasteiger partial charge in [-0.15, -0.1) is 0 Å². The Morgan fingerprint density at radius 3 is 2.59 bits per heavy atom. The van der Waals surface area contributed by atoms with E-state index in [1.54, 1.807) is 26.5 Å². The lowest BCUT2D eigenvalue weighted by atomic mass is 9.86. The molecule has 1 fully saturated rings. The molecule has 0 saturated heterocycles. The Labute approximate surface area is 161 Å². The molecular weight excluding hydrogens is 342 g/mol. The number of carbonyl (C=O) groups is 1. The fourth-order valence-electron chi connectivity index (χ4n) is 3.38. The molecular formula is C21H29N3O3. The van der Waals surface area contributed by atoms with Crippen LogP contribution in [0.3, 0.4) is 0 Å². The summed E-state index contributed by atoms with van der Waals surface area (Å²) in [7, 11) is 3.15. The van der Waals surface area contributed by atoms with Crippen molar-refractivity contribution in [3.8, 4) is 17.6 Å². The smallest absolute Gasteiger partial charge is 0.263 e. The molecule has 27 heavy (non-hydrogen) atoms. The molecule has 0 aromatic heterocycles. The van der Waals surface area contributed by atoms with Crippen LogP contribution in [0, 0.1) is 17.2 Å². The van der Waals surface area contributed by atoms with E-state index in [2.05, 4.69) is 17.6 Å². The largest absolute Gasteiger partial charge is 0.493 e. The Hall–Kier alpha value is -2.68. The molecule has 1 aromatic carbocycles. The quantitative estimate of drug-likeness (QED) is 0.566. The van der Waals surface area contributed by atoms with Crippen LogP contribution in [0.1, 0.15) is 51.1 Å². The summed E-state index contributed by atoms with van der Waals surface area (Å²) in [5.74, 6) is 1.38. The van der Waals surface area contributed by atoms with E-state index in [-0.39, 0.29) is 11.6 Å². The lowest BCUT2D eigenvalue weighted by Crippen LogP contribution is -2.35. The topological polar surface area (TPSA) is 83.4 Å². The average molecular weight is 371 g/mol. The summed E-state index contributed by atoms with van der Waals surface area (Å²) >= 11 is 0. The lowest BCUT2D eigenvalue weighted by Gasteiger charge is -2.29.